The second kappa shape index (κ2) is 8.70. The van der Waals surface area contributed by atoms with Crippen LogP contribution in [0.2, 0.25) is 0 Å². The molecule has 0 bridgehead atoms. The van der Waals surface area contributed by atoms with Gasteiger partial charge in [0.25, 0.3) is 0 Å². The average Bonchev–Trinajstić information content (AvgIpc) is 2.99. The van der Waals surface area contributed by atoms with Gasteiger partial charge in [0.2, 0.25) is 5.91 Å². The molecule has 150 valence electrons. The Morgan fingerprint density at radius 1 is 1.11 bits per heavy atom. The van der Waals surface area contributed by atoms with E-state index in [1.807, 2.05) is 30.3 Å². The van der Waals surface area contributed by atoms with Crippen LogP contribution in [0.25, 0.3) is 0 Å². The molecule has 6 heteroatoms. The predicted octanol–water partition coefficient (Wildman–Crippen LogP) is 3.92. The van der Waals surface area contributed by atoms with E-state index in [4.69, 9.17) is 0 Å². The molecule has 28 heavy (non-hydrogen) atoms. The van der Waals surface area contributed by atoms with E-state index in [-0.39, 0.29) is 23.5 Å². The zero-order valence-electron chi connectivity index (χ0n) is 16.6. The fraction of sp³-hybridized carbons (Fsp3) is 0.409. The van der Waals surface area contributed by atoms with E-state index in [0.29, 0.717) is 18.7 Å². The molecule has 3 rings (SSSR count). The molecule has 0 spiro atoms. The second-order valence-electron chi connectivity index (χ2n) is 7.58. The highest BCUT2D eigenvalue weighted by Gasteiger charge is 2.34. The third kappa shape index (κ3) is 5.17. The summed E-state index contributed by atoms with van der Waals surface area (Å²) in [4.78, 5) is 16.0. The Bertz CT molecular complexity index is 932. The number of carbonyl (C=O) groups excluding carboxylic acids is 1. The van der Waals surface area contributed by atoms with E-state index in [1.165, 1.54) is 16.7 Å². The second-order valence-corrected chi connectivity index (χ2v) is 10.8. The van der Waals surface area contributed by atoms with E-state index in [0.717, 1.165) is 10.5 Å². The lowest BCUT2D eigenvalue weighted by molar-refractivity contribution is -0.130. The minimum atomic E-state index is -3.05. The Morgan fingerprint density at radius 2 is 1.75 bits per heavy atom. The molecule has 0 N–H and O–H groups in total. The topological polar surface area (TPSA) is 54.5 Å². The maximum absolute atomic E-state index is 13.1. The Morgan fingerprint density at radius 3 is 2.32 bits per heavy atom. The molecule has 1 heterocycles. The van der Waals surface area contributed by atoms with Gasteiger partial charge in [0, 0.05) is 17.5 Å². The summed E-state index contributed by atoms with van der Waals surface area (Å²) in [5, 5.41) is 0. The fourth-order valence-electron chi connectivity index (χ4n) is 3.83. The molecule has 0 aliphatic carbocycles. The van der Waals surface area contributed by atoms with Crippen LogP contribution in [-0.2, 0) is 21.2 Å². The summed E-state index contributed by atoms with van der Waals surface area (Å²) in [6.45, 7) is 6.66. The number of benzene rings is 2. The average molecular weight is 418 g/mol. The van der Waals surface area contributed by atoms with Gasteiger partial charge in [-0.05, 0) is 43.9 Å². The van der Waals surface area contributed by atoms with Crippen LogP contribution >= 0.6 is 11.8 Å². The molecule has 0 saturated carbocycles. The molecule has 1 aliphatic rings. The van der Waals surface area contributed by atoms with E-state index in [1.54, 1.807) is 16.7 Å². The summed E-state index contributed by atoms with van der Waals surface area (Å²) < 4.78 is 24.0. The molecule has 1 amide bonds. The number of amides is 1. The first-order valence-corrected chi connectivity index (χ1v) is 12.3. The van der Waals surface area contributed by atoms with E-state index in [2.05, 4.69) is 32.9 Å². The molecule has 1 atom stereocenters. The van der Waals surface area contributed by atoms with E-state index < -0.39 is 9.84 Å². The Labute approximate surface area is 172 Å². The van der Waals surface area contributed by atoms with Crippen molar-refractivity contribution in [3.63, 3.8) is 0 Å². The van der Waals surface area contributed by atoms with E-state index in [9.17, 15) is 13.2 Å². The van der Waals surface area contributed by atoms with Crippen LogP contribution in [0.15, 0.2) is 47.4 Å². The minimum absolute atomic E-state index is 0.00433. The molecule has 1 aliphatic heterocycles. The van der Waals surface area contributed by atoms with Gasteiger partial charge in [-0.25, -0.2) is 8.42 Å². The molecule has 0 aromatic heterocycles. The summed E-state index contributed by atoms with van der Waals surface area (Å²) in [6, 6.07) is 13.8. The van der Waals surface area contributed by atoms with Crippen LogP contribution in [0.5, 0.6) is 0 Å². The van der Waals surface area contributed by atoms with Crippen LogP contribution in [0.3, 0.4) is 0 Å². The summed E-state index contributed by atoms with van der Waals surface area (Å²) >= 11 is 1.55. The Balaban J connectivity index is 1.77. The molecule has 1 fully saturated rings. The number of rotatable bonds is 6. The van der Waals surface area contributed by atoms with Crippen molar-refractivity contribution in [3.05, 3.63) is 64.7 Å². The third-order valence-electron chi connectivity index (χ3n) is 5.11. The van der Waals surface area contributed by atoms with Gasteiger partial charge in [-0.1, -0.05) is 48.0 Å². The van der Waals surface area contributed by atoms with Crippen LogP contribution in [-0.4, -0.2) is 42.5 Å². The molecule has 2 aromatic rings. The Hall–Kier alpha value is -1.79. The van der Waals surface area contributed by atoms with Gasteiger partial charge < -0.3 is 4.90 Å². The van der Waals surface area contributed by atoms with Gasteiger partial charge in [0.15, 0.2) is 9.84 Å². The van der Waals surface area contributed by atoms with Gasteiger partial charge in [-0.15, -0.1) is 11.8 Å². The summed E-state index contributed by atoms with van der Waals surface area (Å²) in [5.74, 6) is 0.544. The zero-order valence-corrected chi connectivity index (χ0v) is 18.3. The van der Waals surface area contributed by atoms with Crippen LogP contribution in [0.4, 0.5) is 0 Å². The quantitative estimate of drug-likeness (QED) is 0.669. The molecule has 2 aromatic carbocycles. The zero-order chi connectivity index (χ0) is 20.3. The summed E-state index contributed by atoms with van der Waals surface area (Å²) in [7, 11) is -3.05. The van der Waals surface area contributed by atoms with Crippen LogP contribution in [0.1, 0.15) is 28.7 Å². The third-order valence-corrected chi connectivity index (χ3v) is 8.18. The highest BCUT2D eigenvalue weighted by Crippen LogP contribution is 2.29. The van der Waals surface area contributed by atoms with Gasteiger partial charge >= 0.3 is 0 Å². The normalized spacial score (nSPS) is 18.2. The molecular weight excluding hydrogens is 390 g/mol. The maximum Gasteiger partial charge on any atom is 0.233 e. The van der Waals surface area contributed by atoms with Gasteiger partial charge in [-0.2, -0.15) is 0 Å². The molecule has 1 saturated heterocycles. The highest BCUT2D eigenvalue weighted by molar-refractivity contribution is 8.00. The van der Waals surface area contributed by atoms with E-state index >= 15 is 0 Å². The monoisotopic (exact) mass is 417 g/mol. The first kappa shape index (κ1) is 20.9. The minimum Gasteiger partial charge on any atom is -0.334 e. The van der Waals surface area contributed by atoms with Gasteiger partial charge in [-0.3, -0.25) is 4.79 Å². The molecule has 0 unspecified atom stereocenters. The number of sulfone groups is 1. The number of thioether (sulfide) groups is 1. The van der Waals surface area contributed by atoms with Gasteiger partial charge in [0.1, 0.15) is 0 Å². The predicted molar refractivity (Wildman–Crippen MR) is 115 cm³/mol. The lowest BCUT2D eigenvalue weighted by Gasteiger charge is -2.28. The summed E-state index contributed by atoms with van der Waals surface area (Å²) in [6.07, 6.45) is 0.522. The SMILES string of the molecule is Cc1cc(C)c(SCC(=O)N(Cc2ccccc2)[C@@H]2CCS(=O)(=O)C2)c(C)c1. The summed E-state index contributed by atoms with van der Waals surface area (Å²) in [5.41, 5.74) is 4.59. The first-order valence-electron chi connectivity index (χ1n) is 9.49. The fourth-order valence-corrected chi connectivity index (χ4v) is 6.57. The van der Waals surface area contributed by atoms with Crippen molar-refractivity contribution in [2.45, 2.75) is 44.7 Å². The van der Waals surface area contributed by atoms with Crippen LogP contribution < -0.4 is 0 Å². The van der Waals surface area contributed by atoms with Crippen molar-refractivity contribution in [3.8, 4) is 0 Å². The number of aryl methyl sites for hydroxylation is 3. The lowest BCUT2D eigenvalue weighted by atomic mass is 10.1. The van der Waals surface area contributed by atoms with Crippen molar-refractivity contribution in [1.82, 2.24) is 4.90 Å². The number of hydrogen-bond donors (Lipinski definition) is 0. The maximum atomic E-state index is 13.1. The van der Waals surface area contributed by atoms with Crippen molar-refractivity contribution in [1.29, 1.82) is 0 Å². The lowest BCUT2D eigenvalue weighted by Crippen LogP contribution is -2.41. The number of carbonyl (C=O) groups is 1. The van der Waals surface area contributed by atoms with Crippen molar-refractivity contribution in [2.75, 3.05) is 17.3 Å². The number of hydrogen-bond acceptors (Lipinski definition) is 4. The van der Waals surface area contributed by atoms with Crippen molar-refractivity contribution < 1.29 is 13.2 Å². The standard InChI is InChI=1S/C22H27NO3S2/c1-16-11-17(2)22(18(3)12-16)27-14-21(24)23(13-19-7-5-4-6-8-19)20-9-10-28(25,26)15-20/h4-8,11-12,20H,9-10,13-15H2,1-3H3/t20-/m1/s1. The molecule has 4 nitrogen and oxygen atoms in total. The number of nitrogens with zero attached hydrogens (tertiary/aromatic N) is 1. The van der Waals surface area contributed by atoms with Crippen molar-refractivity contribution in [2.24, 2.45) is 0 Å². The largest absolute Gasteiger partial charge is 0.334 e. The highest BCUT2D eigenvalue weighted by atomic mass is 32.2. The molecule has 0 radical (unpaired) electrons. The van der Waals surface area contributed by atoms with Crippen molar-refractivity contribution >= 4 is 27.5 Å². The van der Waals surface area contributed by atoms with Gasteiger partial charge in [0.05, 0.1) is 17.3 Å². The first-order chi connectivity index (χ1) is 13.2. The molecular formula is C22H27NO3S2. The van der Waals surface area contributed by atoms with Crippen LogP contribution in [0, 0.1) is 20.8 Å². The Kier molecular flexibility index (Phi) is 6.50. The smallest absolute Gasteiger partial charge is 0.233 e.